The van der Waals surface area contributed by atoms with E-state index in [-0.39, 0.29) is 5.54 Å². The third-order valence-corrected chi connectivity index (χ3v) is 4.64. The highest BCUT2D eigenvalue weighted by atomic mass is 32.2. The number of rotatable bonds is 4. The van der Waals surface area contributed by atoms with E-state index in [1.165, 1.54) is 0 Å². The molecular weight excluding hydrogens is 234 g/mol. The van der Waals surface area contributed by atoms with Gasteiger partial charge in [-0.1, -0.05) is 6.07 Å². The Balaban J connectivity index is 1.83. The van der Waals surface area contributed by atoms with Gasteiger partial charge in [0.1, 0.15) is 6.10 Å². The van der Waals surface area contributed by atoms with Crippen LogP contribution in [0.15, 0.2) is 18.2 Å². The molecule has 1 aliphatic carbocycles. The fourth-order valence-corrected chi connectivity index (χ4v) is 2.52. The van der Waals surface area contributed by atoms with Crippen LogP contribution in [-0.4, -0.2) is 24.7 Å². The topological polar surface area (TPSA) is 44.5 Å². The molecule has 3 nitrogen and oxygen atoms in total. The SMILES string of the molecule is COc1cc(C2(N)CC2)ccc1OC1CSC1. The van der Waals surface area contributed by atoms with Crippen molar-refractivity contribution in [2.24, 2.45) is 5.73 Å². The van der Waals surface area contributed by atoms with Crippen molar-refractivity contribution in [1.82, 2.24) is 0 Å². The number of hydrogen-bond acceptors (Lipinski definition) is 4. The van der Waals surface area contributed by atoms with Crippen molar-refractivity contribution in [1.29, 1.82) is 0 Å². The fourth-order valence-electron chi connectivity index (χ4n) is 1.96. The molecule has 1 saturated carbocycles. The first kappa shape index (κ1) is 11.2. The summed E-state index contributed by atoms with van der Waals surface area (Å²) in [7, 11) is 1.68. The van der Waals surface area contributed by atoms with Gasteiger partial charge in [-0.2, -0.15) is 11.8 Å². The molecule has 2 fully saturated rings. The minimum Gasteiger partial charge on any atom is -0.493 e. The molecule has 0 aromatic heterocycles. The molecule has 0 spiro atoms. The van der Waals surface area contributed by atoms with Gasteiger partial charge < -0.3 is 15.2 Å². The monoisotopic (exact) mass is 251 g/mol. The number of hydrogen-bond donors (Lipinski definition) is 1. The van der Waals surface area contributed by atoms with Gasteiger partial charge in [0.05, 0.1) is 7.11 Å². The van der Waals surface area contributed by atoms with Crippen LogP contribution in [0.2, 0.25) is 0 Å². The summed E-state index contributed by atoms with van der Waals surface area (Å²) in [5.74, 6) is 3.79. The van der Waals surface area contributed by atoms with E-state index in [9.17, 15) is 0 Å². The maximum Gasteiger partial charge on any atom is 0.161 e. The lowest BCUT2D eigenvalue weighted by molar-refractivity contribution is 0.228. The molecule has 1 aromatic carbocycles. The quantitative estimate of drug-likeness (QED) is 0.890. The summed E-state index contributed by atoms with van der Waals surface area (Å²) in [6, 6.07) is 6.08. The molecule has 1 saturated heterocycles. The summed E-state index contributed by atoms with van der Waals surface area (Å²) in [5.41, 5.74) is 7.22. The lowest BCUT2D eigenvalue weighted by atomic mass is 10.1. The van der Waals surface area contributed by atoms with Crippen molar-refractivity contribution in [3.05, 3.63) is 23.8 Å². The van der Waals surface area contributed by atoms with Gasteiger partial charge in [0.2, 0.25) is 0 Å². The predicted octanol–water partition coefficient (Wildman–Crippen LogP) is 2.14. The molecule has 1 heterocycles. The van der Waals surface area contributed by atoms with Gasteiger partial charge in [-0.05, 0) is 30.5 Å². The molecule has 92 valence electrons. The number of thioether (sulfide) groups is 1. The van der Waals surface area contributed by atoms with E-state index in [1.807, 2.05) is 23.9 Å². The van der Waals surface area contributed by atoms with Crippen LogP contribution in [0.4, 0.5) is 0 Å². The van der Waals surface area contributed by atoms with Crippen LogP contribution in [0.5, 0.6) is 11.5 Å². The van der Waals surface area contributed by atoms with Crippen molar-refractivity contribution in [3.63, 3.8) is 0 Å². The molecule has 17 heavy (non-hydrogen) atoms. The zero-order valence-electron chi connectivity index (χ0n) is 9.94. The molecule has 3 rings (SSSR count). The molecule has 0 atom stereocenters. The molecule has 0 amide bonds. The van der Waals surface area contributed by atoms with Crippen LogP contribution >= 0.6 is 11.8 Å². The van der Waals surface area contributed by atoms with E-state index in [0.717, 1.165) is 41.4 Å². The van der Waals surface area contributed by atoms with Gasteiger partial charge in [0.15, 0.2) is 11.5 Å². The van der Waals surface area contributed by atoms with Crippen molar-refractivity contribution >= 4 is 11.8 Å². The molecule has 1 aliphatic heterocycles. The predicted molar refractivity (Wildman–Crippen MR) is 69.8 cm³/mol. The van der Waals surface area contributed by atoms with E-state index in [1.54, 1.807) is 7.11 Å². The van der Waals surface area contributed by atoms with Gasteiger partial charge in [0, 0.05) is 17.0 Å². The minimum absolute atomic E-state index is 0.113. The normalized spacial score (nSPS) is 21.8. The highest BCUT2D eigenvalue weighted by Gasteiger charge is 2.40. The standard InChI is InChI=1S/C13H17NO2S/c1-15-12-6-9(13(14)4-5-13)2-3-11(12)16-10-7-17-8-10/h2-3,6,10H,4-5,7-8,14H2,1H3. The van der Waals surface area contributed by atoms with Crippen LogP contribution in [0.3, 0.4) is 0 Å². The average molecular weight is 251 g/mol. The zero-order valence-corrected chi connectivity index (χ0v) is 10.8. The van der Waals surface area contributed by atoms with Crippen molar-refractivity contribution in [3.8, 4) is 11.5 Å². The van der Waals surface area contributed by atoms with Crippen molar-refractivity contribution < 1.29 is 9.47 Å². The molecule has 4 heteroatoms. The third kappa shape index (κ3) is 2.11. The molecule has 0 bridgehead atoms. The van der Waals surface area contributed by atoms with Crippen molar-refractivity contribution in [2.75, 3.05) is 18.6 Å². The lowest BCUT2D eigenvalue weighted by Gasteiger charge is -2.27. The van der Waals surface area contributed by atoms with Gasteiger partial charge in [-0.25, -0.2) is 0 Å². The first-order valence-electron chi connectivity index (χ1n) is 5.93. The molecule has 2 aliphatic rings. The fraction of sp³-hybridized carbons (Fsp3) is 0.538. The smallest absolute Gasteiger partial charge is 0.161 e. The highest BCUT2D eigenvalue weighted by molar-refractivity contribution is 8.00. The summed E-state index contributed by atoms with van der Waals surface area (Å²) >= 11 is 1.91. The maximum atomic E-state index is 6.18. The summed E-state index contributed by atoms with van der Waals surface area (Å²) in [4.78, 5) is 0. The van der Waals surface area contributed by atoms with E-state index >= 15 is 0 Å². The van der Waals surface area contributed by atoms with Gasteiger partial charge in [0.25, 0.3) is 0 Å². The molecule has 1 aromatic rings. The Morgan fingerprint density at radius 1 is 1.29 bits per heavy atom. The average Bonchev–Trinajstić information content (AvgIpc) is 3.03. The number of nitrogens with two attached hydrogens (primary N) is 1. The number of ether oxygens (including phenoxy) is 2. The number of methoxy groups -OCH3 is 1. The van der Waals surface area contributed by atoms with E-state index in [2.05, 4.69) is 6.07 Å². The molecule has 0 radical (unpaired) electrons. The molecule has 2 N–H and O–H groups in total. The number of benzene rings is 1. The van der Waals surface area contributed by atoms with E-state index < -0.39 is 0 Å². The van der Waals surface area contributed by atoms with Crippen LogP contribution in [0.25, 0.3) is 0 Å². The first-order chi connectivity index (χ1) is 8.21. The Morgan fingerprint density at radius 3 is 2.59 bits per heavy atom. The summed E-state index contributed by atoms with van der Waals surface area (Å²) in [5, 5.41) is 0. The summed E-state index contributed by atoms with van der Waals surface area (Å²) < 4.78 is 11.3. The van der Waals surface area contributed by atoms with Crippen LogP contribution in [-0.2, 0) is 5.54 Å². The Kier molecular flexibility index (Phi) is 2.71. The lowest BCUT2D eigenvalue weighted by Crippen LogP contribution is -2.31. The van der Waals surface area contributed by atoms with Gasteiger partial charge >= 0.3 is 0 Å². The summed E-state index contributed by atoms with van der Waals surface area (Å²) in [6.45, 7) is 0. The molecule has 0 unspecified atom stereocenters. The highest BCUT2D eigenvalue weighted by Crippen LogP contribution is 2.45. The second-order valence-corrected chi connectivity index (χ2v) is 5.87. The van der Waals surface area contributed by atoms with Crippen LogP contribution in [0.1, 0.15) is 18.4 Å². The van der Waals surface area contributed by atoms with E-state index in [4.69, 9.17) is 15.2 Å². The zero-order chi connectivity index (χ0) is 11.9. The van der Waals surface area contributed by atoms with Crippen LogP contribution < -0.4 is 15.2 Å². The Morgan fingerprint density at radius 2 is 2.06 bits per heavy atom. The Bertz CT molecular complexity index is 427. The van der Waals surface area contributed by atoms with Crippen molar-refractivity contribution in [2.45, 2.75) is 24.5 Å². The maximum absolute atomic E-state index is 6.18. The summed E-state index contributed by atoms with van der Waals surface area (Å²) in [6.07, 6.45) is 2.47. The van der Waals surface area contributed by atoms with E-state index in [0.29, 0.717) is 6.10 Å². The Labute approximate surface area is 106 Å². The Hall–Kier alpha value is -0.870. The largest absolute Gasteiger partial charge is 0.493 e. The van der Waals surface area contributed by atoms with Gasteiger partial charge in [-0.15, -0.1) is 0 Å². The molecular formula is C13H17NO2S. The first-order valence-corrected chi connectivity index (χ1v) is 7.08. The second-order valence-electron chi connectivity index (χ2n) is 4.80. The van der Waals surface area contributed by atoms with Gasteiger partial charge in [-0.3, -0.25) is 0 Å². The minimum atomic E-state index is -0.113. The third-order valence-electron chi connectivity index (χ3n) is 3.43. The second kappa shape index (κ2) is 4.10. The van der Waals surface area contributed by atoms with Crippen LogP contribution in [0, 0.1) is 0 Å².